The number of esters is 1. The molecule has 0 aliphatic heterocycles. The lowest BCUT2D eigenvalue weighted by atomic mass is 10.0. The molecule has 0 aliphatic carbocycles. The fourth-order valence-electron chi connectivity index (χ4n) is 3.38. The molecule has 2 amide bonds. The van der Waals surface area contributed by atoms with E-state index in [0.29, 0.717) is 13.0 Å². The number of rotatable bonds is 10. The third-order valence-electron chi connectivity index (χ3n) is 5.02. The molecule has 33 heavy (non-hydrogen) atoms. The minimum Gasteiger partial charge on any atom is -0.497 e. The van der Waals surface area contributed by atoms with Gasteiger partial charge >= 0.3 is 12.1 Å². The van der Waals surface area contributed by atoms with E-state index in [1.807, 2.05) is 54.6 Å². The van der Waals surface area contributed by atoms with Gasteiger partial charge in [0.2, 0.25) is 5.91 Å². The Balaban J connectivity index is 2.05. The van der Waals surface area contributed by atoms with E-state index in [2.05, 4.69) is 5.32 Å². The largest absolute Gasteiger partial charge is 0.497 e. The number of carboxylic acid groups (broad SMARTS) is 1. The number of carbonyl (C=O) groups is 3. The molecule has 2 aromatic rings. The highest BCUT2D eigenvalue weighted by Gasteiger charge is 2.39. The summed E-state index contributed by atoms with van der Waals surface area (Å²) in [7, 11) is 1.59. The van der Waals surface area contributed by atoms with Gasteiger partial charge in [-0.05, 0) is 50.5 Å². The summed E-state index contributed by atoms with van der Waals surface area (Å²) >= 11 is 0. The molecule has 0 heterocycles. The number of benzene rings is 2. The van der Waals surface area contributed by atoms with Crippen LogP contribution in [0.4, 0.5) is 4.79 Å². The van der Waals surface area contributed by atoms with Crippen LogP contribution in [-0.2, 0) is 27.4 Å². The van der Waals surface area contributed by atoms with Crippen molar-refractivity contribution in [2.45, 2.75) is 51.8 Å². The lowest BCUT2D eigenvalue weighted by molar-refractivity contribution is -0.149. The second kappa shape index (κ2) is 11.9. The molecule has 0 saturated carbocycles. The molecule has 1 atom stereocenters. The van der Waals surface area contributed by atoms with Gasteiger partial charge in [0.25, 0.3) is 0 Å². The Kier molecular flexibility index (Phi) is 9.27. The monoisotopic (exact) mass is 456 g/mol. The molecule has 0 radical (unpaired) electrons. The number of ether oxygens (including phenoxy) is 2. The third-order valence-corrected chi connectivity index (χ3v) is 5.02. The summed E-state index contributed by atoms with van der Waals surface area (Å²) in [5.74, 6) is -0.457. The summed E-state index contributed by atoms with van der Waals surface area (Å²) < 4.78 is 10.4. The van der Waals surface area contributed by atoms with Crippen LogP contribution < -0.4 is 10.1 Å². The Labute approximate surface area is 194 Å². The molecule has 178 valence electrons. The van der Waals surface area contributed by atoms with Crippen LogP contribution in [0.2, 0.25) is 0 Å². The molecular weight excluding hydrogens is 424 g/mol. The minimum atomic E-state index is -1.28. The molecule has 8 heteroatoms. The van der Waals surface area contributed by atoms with E-state index < -0.39 is 29.6 Å². The van der Waals surface area contributed by atoms with Crippen LogP contribution in [0.15, 0.2) is 54.6 Å². The first kappa shape index (κ1) is 25.7. The molecule has 0 spiro atoms. The molecule has 0 fully saturated rings. The number of nitrogens with zero attached hydrogens (tertiary/aromatic N) is 1. The van der Waals surface area contributed by atoms with E-state index in [4.69, 9.17) is 9.47 Å². The van der Waals surface area contributed by atoms with Gasteiger partial charge in [0, 0.05) is 12.1 Å². The molecule has 8 nitrogen and oxygen atoms in total. The van der Waals surface area contributed by atoms with Gasteiger partial charge in [-0.15, -0.1) is 0 Å². The summed E-state index contributed by atoms with van der Waals surface area (Å²) in [5, 5.41) is 12.5. The highest BCUT2D eigenvalue weighted by molar-refractivity contribution is 5.89. The summed E-state index contributed by atoms with van der Waals surface area (Å²) in [6.07, 6.45) is -1.12. The summed E-state index contributed by atoms with van der Waals surface area (Å²) in [6, 6.07) is 15.4. The van der Waals surface area contributed by atoms with E-state index in [1.165, 1.54) is 0 Å². The van der Waals surface area contributed by atoms with Crippen LogP contribution in [0.5, 0.6) is 5.75 Å². The number of amides is 2. The first-order valence-electron chi connectivity index (χ1n) is 10.7. The van der Waals surface area contributed by atoms with Gasteiger partial charge in [0.05, 0.1) is 13.5 Å². The summed E-state index contributed by atoms with van der Waals surface area (Å²) in [4.78, 5) is 38.5. The van der Waals surface area contributed by atoms with E-state index >= 15 is 0 Å². The molecule has 2 rings (SSSR count). The number of nitrogens with one attached hydrogen (secondary N) is 1. The molecule has 0 bridgehead atoms. The predicted octanol–water partition coefficient (Wildman–Crippen LogP) is 3.63. The molecule has 0 aromatic heterocycles. The van der Waals surface area contributed by atoms with Crippen LogP contribution in [0.25, 0.3) is 0 Å². The SMILES string of the molecule is COc1ccc(CCNC(=O)[C@H](CC(=O)OCc2ccccc2)N(C(=O)O)C(C)(C)C)cc1. The molecule has 2 aromatic carbocycles. The molecule has 0 unspecified atom stereocenters. The first-order valence-corrected chi connectivity index (χ1v) is 10.7. The van der Waals surface area contributed by atoms with Crippen molar-refractivity contribution < 1.29 is 29.0 Å². The van der Waals surface area contributed by atoms with Gasteiger partial charge in [0.1, 0.15) is 18.4 Å². The van der Waals surface area contributed by atoms with Crippen LogP contribution >= 0.6 is 0 Å². The zero-order chi connectivity index (χ0) is 24.4. The van der Waals surface area contributed by atoms with Crippen LogP contribution in [-0.4, -0.2) is 53.2 Å². The van der Waals surface area contributed by atoms with Crippen molar-refractivity contribution in [2.75, 3.05) is 13.7 Å². The van der Waals surface area contributed by atoms with E-state index in [0.717, 1.165) is 21.8 Å². The maximum Gasteiger partial charge on any atom is 0.408 e. The van der Waals surface area contributed by atoms with Crippen molar-refractivity contribution in [1.29, 1.82) is 0 Å². The van der Waals surface area contributed by atoms with Crippen molar-refractivity contribution in [3.05, 3.63) is 65.7 Å². The van der Waals surface area contributed by atoms with E-state index in [-0.39, 0.29) is 13.0 Å². The maximum absolute atomic E-state index is 13.0. The summed E-state index contributed by atoms with van der Waals surface area (Å²) in [6.45, 7) is 5.36. The molecular formula is C25H32N2O6. The fraction of sp³-hybridized carbons (Fsp3) is 0.400. The Morgan fingerprint density at radius 1 is 1.00 bits per heavy atom. The lowest BCUT2D eigenvalue weighted by Crippen LogP contribution is -2.57. The maximum atomic E-state index is 13.0. The smallest absolute Gasteiger partial charge is 0.408 e. The normalized spacial score (nSPS) is 11.9. The van der Waals surface area contributed by atoms with Gasteiger partial charge in [-0.1, -0.05) is 42.5 Å². The van der Waals surface area contributed by atoms with Crippen LogP contribution in [0.3, 0.4) is 0 Å². The quantitative estimate of drug-likeness (QED) is 0.529. The average Bonchev–Trinajstić information content (AvgIpc) is 2.77. The third kappa shape index (κ3) is 8.14. The van der Waals surface area contributed by atoms with Crippen molar-refractivity contribution in [1.82, 2.24) is 10.2 Å². The molecule has 0 aliphatic rings. The average molecular weight is 457 g/mol. The summed E-state index contributed by atoms with van der Waals surface area (Å²) in [5.41, 5.74) is 0.891. The molecule has 2 N–H and O–H groups in total. The second-order valence-electron chi connectivity index (χ2n) is 8.58. The Hall–Kier alpha value is -3.55. The van der Waals surface area contributed by atoms with Gasteiger partial charge in [-0.2, -0.15) is 0 Å². The first-order chi connectivity index (χ1) is 15.6. The highest BCUT2D eigenvalue weighted by atomic mass is 16.5. The highest BCUT2D eigenvalue weighted by Crippen LogP contribution is 2.21. The second-order valence-corrected chi connectivity index (χ2v) is 8.58. The minimum absolute atomic E-state index is 0.0497. The Morgan fingerprint density at radius 2 is 1.64 bits per heavy atom. The number of methoxy groups -OCH3 is 1. The Bertz CT molecular complexity index is 922. The fourth-order valence-corrected chi connectivity index (χ4v) is 3.38. The van der Waals surface area contributed by atoms with Gasteiger partial charge in [-0.3, -0.25) is 14.5 Å². The topological polar surface area (TPSA) is 105 Å². The van der Waals surface area contributed by atoms with E-state index in [1.54, 1.807) is 27.9 Å². The zero-order valence-corrected chi connectivity index (χ0v) is 19.5. The van der Waals surface area contributed by atoms with Gasteiger partial charge in [0.15, 0.2) is 0 Å². The van der Waals surface area contributed by atoms with Gasteiger partial charge < -0.3 is 19.9 Å². The van der Waals surface area contributed by atoms with Crippen molar-refractivity contribution in [3.63, 3.8) is 0 Å². The van der Waals surface area contributed by atoms with Crippen LogP contribution in [0, 0.1) is 0 Å². The molecule has 0 saturated heterocycles. The number of carbonyl (C=O) groups excluding carboxylic acids is 2. The Morgan fingerprint density at radius 3 is 2.18 bits per heavy atom. The van der Waals surface area contributed by atoms with Gasteiger partial charge in [-0.25, -0.2) is 4.79 Å². The predicted molar refractivity (Wildman–Crippen MR) is 124 cm³/mol. The van der Waals surface area contributed by atoms with Crippen molar-refractivity contribution in [2.24, 2.45) is 0 Å². The standard InChI is InChI=1S/C25H32N2O6/c1-25(2,3)27(24(30)31)21(16-22(28)33-17-19-8-6-5-7-9-19)23(29)26-15-14-18-10-12-20(32-4)13-11-18/h5-13,21H,14-17H2,1-4H3,(H,26,29)(H,30,31)/t21-/m0/s1. The number of hydrogen-bond donors (Lipinski definition) is 2. The van der Waals surface area contributed by atoms with E-state index in [9.17, 15) is 19.5 Å². The zero-order valence-electron chi connectivity index (χ0n) is 19.5. The lowest BCUT2D eigenvalue weighted by Gasteiger charge is -2.38. The van der Waals surface area contributed by atoms with Crippen molar-refractivity contribution >= 4 is 18.0 Å². The van der Waals surface area contributed by atoms with Crippen LogP contribution in [0.1, 0.15) is 38.3 Å². The number of hydrogen-bond acceptors (Lipinski definition) is 5. The van der Waals surface area contributed by atoms with Crippen molar-refractivity contribution in [3.8, 4) is 5.75 Å².